The van der Waals surface area contributed by atoms with E-state index in [9.17, 15) is 4.79 Å². The molecule has 0 bridgehead atoms. The molecule has 1 aliphatic carbocycles. The van der Waals surface area contributed by atoms with Crippen LogP contribution < -0.4 is 11.1 Å². The van der Waals surface area contributed by atoms with Crippen molar-refractivity contribution in [2.75, 3.05) is 19.6 Å². The molecule has 1 aromatic carbocycles. The third-order valence-electron chi connectivity index (χ3n) is 5.77. The van der Waals surface area contributed by atoms with Gasteiger partial charge >= 0.3 is 0 Å². The summed E-state index contributed by atoms with van der Waals surface area (Å²) in [4.78, 5) is 19.2. The summed E-state index contributed by atoms with van der Waals surface area (Å²) in [5.41, 5.74) is 9.37. The van der Waals surface area contributed by atoms with Crippen molar-refractivity contribution in [1.82, 2.24) is 10.3 Å². The van der Waals surface area contributed by atoms with Crippen molar-refractivity contribution in [3.05, 3.63) is 59.5 Å². The number of aromatic amines is 1. The van der Waals surface area contributed by atoms with Crippen molar-refractivity contribution in [3.63, 3.8) is 0 Å². The molecule has 4 N–H and O–H groups in total. The Balaban J connectivity index is 1.14. The molecule has 0 saturated carbocycles. The molecule has 160 valence electrons. The highest BCUT2D eigenvalue weighted by Crippen LogP contribution is 2.30. The largest absolute Gasteiger partial charge is 0.480 e. The summed E-state index contributed by atoms with van der Waals surface area (Å²) in [7, 11) is 0. The van der Waals surface area contributed by atoms with Gasteiger partial charge in [-0.2, -0.15) is 5.26 Å². The lowest BCUT2D eigenvalue weighted by atomic mass is 9.91. The van der Waals surface area contributed by atoms with Crippen LogP contribution >= 0.6 is 0 Å². The standard InChI is InChI=1S/C24H27N5O2/c25-14-16-4-6-21-20(11-16)17(15-29-21)3-1-2-8-27-9-10-28-19-5-7-22-18(12-19)13-23(31-22)24(26)30/h4-7,11,13,15,18,22,27,29H,1-3,8-10,12H2,(H2,26,30). The van der Waals surface area contributed by atoms with Crippen LogP contribution in [0.5, 0.6) is 0 Å². The van der Waals surface area contributed by atoms with Gasteiger partial charge in [0.25, 0.3) is 5.91 Å². The van der Waals surface area contributed by atoms with Crippen LogP contribution in [0, 0.1) is 17.2 Å². The van der Waals surface area contributed by atoms with Gasteiger partial charge in [0.05, 0.1) is 18.2 Å². The van der Waals surface area contributed by atoms with Crippen LogP contribution in [0.3, 0.4) is 0 Å². The lowest BCUT2D eigenvalue weighted by Crippen LogP contribution is -2.24. The van der Waals surface area contributed by atoms with Gasteiger partial charge in [-0.15, -0.1) is 0 Å². The highest BCUT2D eigenvalue weighted by molar-refractivity contribution is 5.97. The van der Waals surface area contributed by atoms with Crippen molar-refractivity contribution in [2.24, 2.45) is 16.6 Å². The zero-order valence-electron chi connectivity index (χ0n) is 17.4. The van der Waals surface area contributed by atoms with Gasteiger partial charge in [-0.1, -0.05) is 0 Å². The fourth-order valence-electron chi connectivity index (χ4n) is 4.12. The number of nitrogens with one attached hydrogen (secondary N) is 2. The molecule has 2 unspecified atom stereocenters. The van der Waals surface area contributed by atoms with E-state index in [0.29, 0.717) is 5.56 Å². The SMILES string of the molecule is N#Cc1ccc2[nH]cc(CCCCNCCN=C3C=CC4OC(C(N)=O)=CC4C3)c2c1. The fraction of sp³-hybridized carbons (Fsp3) is 0.375. The third kappa shape index (κ3) is 5.04. The van der Waals surface area contributed by atoms with E-state index in [1.54, 1.807) is 0 Å². The maximum Gasteiger partial charge on any atom is 0.283 e. The minimum atomic E-state index is -0.512. The van der Waals surface area contributed by atoms with E-state index in [1.807, 2.05) is 36.4 Å². The molecule has 0 fully saturated rings. The van der Waals surface area contributed by atoms with Gasteiger partial charge < -0.3 is 20.8 Å². The summed E-state index contributed by atoms with van der Waals surface area (Å²) < 4.78 is 5.53. The molecule has 2 atom stereocenters. The van der Waals surface area contributed by atoms with Gasteiger partial charge in [0, 0.05) is 35.3 Å². The molecule has 2 aliphatic rings. The maximum absolute atomic E-state index is 11.2. The Labute approximate surface area is 181 Å². The molecule has 7 nitrogen and oxygen atoms in total. The van der Waals surface area contributed by atoms with E-state index in [4.69, 9.17) is 15.7 Å². The maximum atomic E-state index is 11.2. The number of carbonyl (C=O) groups excluding carboxylic acids is 1. The number of rotatable bonds is 9. The average molecular weight is 418 g/mol. The molecule has 4 rings (SSSR count). The number of nitriles is 1. The Bertz CT molecular complexity index is 1090. The van der Waals surface area contributed by atoms with Crippen LogP contribution in [0.4, 0.5) is 0 Å². The number of aromatic nitrogens is 1. The summed E-state index contributed by atoms with van der Waals surface area (Å²) in [5.74, 6) is -0.101. The predicted octanol–water partition coefficient (Wildman–Crippen LogP) is 2.74. The molecule has 7 heteroatoms. The number of nitrogens with two attached hydrogens (primary N) is 1. The average Bonchev–Trinajstić information content (AvgIpc) is 3.39. The molecule has 0 radical (unpaired) electrons. The highest BCUT2D eigenvalue weighted by atomic mass is 16.5. The van der Waals surface area contributed by atoms with Gasteiger partial charge in [0.2, 0.25) is 0 Å². The number of benzene rings is 1. The van der Waals surface area contributed by atoms with Crippen LogP contribution in [0.2, 0.25) is 0 Å². The first-order valence-corrected chi connectivity index (χ1v) is 10.7. The number of fused-ring (bicyclic) bond motifs is 2. The normalized spacial score (nSPS) is 21.0. The van der Waals surface area contributed by atoms with E-state index in [1.165, 1.54) is 5.56 Å². The van der Waals surface area contributed by atoms with Crippen molar-refractivity contribution < 1.29 is 9.53 Å². The lowest BCUT2D eigenvalue weighted by molar-refractivity contribution is -0.118. The van der Waals surface area contributed by atoms with E-state index >= 15 is 0 Å². The van der Waals surface area contributed by atoms with Gasteiger partial charge in [-0.25, -0.2) is 0 Å². The first-order valence-electron chi connectivity index (χ1n) is 10.7. The minimum Gasteiger partial charge on any atom is -0.480 e. The molecular formula is C24H27N5O2. The van der Waals surface area contributed by atoms with Crippen LogP contribution in [0.25, 0.3) is 10.9 Å². The number of primary amides is 1. The number of carbonyl (C=O) groups is 1. The molecule has 2 aromatic rings. The Morgan fingerprint density at radius 3 is 3.10 bits per heavy atom. The number of nitrogens with zero attached hydrogens (tertiary/aromatic N) is 2. The molecule has 1 aromatic heterocycles. The summed E-state index contributed by atoms with van der Waals surface area (Å²) in [5, 5.41) is 13.7. The van der Waals surface area contributed by atoms with Gasteiger partial charge in [0.15, 0.2) is 5.76 Å². The van der Waals surface area contributed by atoms with Crippen LogP contribution in [0.1, 0.15) is 30.4 Å². The molecular weight excluding hydrogens is 390 g/mol. The van der Waals surface area contributed by atoms with E-state index < -0.39 is 5.91 Å². The zero-order chi connectivity index (χ0) is 21.6. The summed E-state index contributed by atoms with van der Waals surface area (Å²) in [6, 6.07) is 7.98. The Kier molecular flexibility index (Phi) is 6.48. The number of aryl methyl sites for hydroxylation is 1. The molecule has 2 heterocycles. The van der Waals surface area contributed by atoms with Crippen LogP contribution in [-0.2, 0) is 16.0 Å². The smallest absolute Gasteiger partial charge is 0.283 e. The predicted molar refractivity (Wildman–Crippen MR) is 121 cm³/mol. The van der Waals surface area contributed by atoms with Gasteiger partial charge in [0.1, 0.15) is 6.10 Å². The summed E-state index contributed by atoms with van der Waals surface area (Å²) >= 11 is 0. The number of hydrogen-bond acceptors (Lipinski definition) is 5. The van der Waals surface area contributed by atoms with Crippen LogP contribution in [-0.4, -0.2) is 42.3 Å². The second-order valence-corrected chi connectivity index (χ2v) is 7.97. The minimum absolute atomic E-state index is 0.0942. The van der Waals surface area contributed by atoms with Gasteiger partial charge in [-0.3, -0.25) is 9.79 Å². The first kappa shape index (κ1) is 20.9. The first-order chi connectivity index (χ1) is 15.1. The zero-order valence-corrected chi connectivity index (χ0v) is 17.4. The van der Waals surface area contributed by atoms with Crippen molar-refractivity contribution in [1.29, 1.82) is 5.26 Å². The topological polar surface area (TPSA) is 116 Å². The Morgan fingerprint density at radius 1 is 1.35 bits per heavy atom. The van der Waals surface area contributed by atoms with Crippen molar-refractivity contribution in [2.45, 2.75) is 31.8 Å². The van der Waals surface area contributed by atoms with E-state index in [-0.39, 0.29) is 17.8 Å². The van der Waals surface area contributed by atoms with Crippen LogP contribution in [0.15, 0.2) is 53.4 Å². The molecule has 31 heavy (non-hydrogen) atoms. The Morgan fingerprint density at radius 2 is 2.26 bits per heavy atom. The monoisotopic (exact) mass is 417 g/mol. The molecule has 1 aliphatic heterocycles. The summed E-state index contributed by atoms with van der Waals surface area (Å²) in [6.45, 7) is 2.52. The number of allylic oxidation sites excluding steroid dienone is 1. The fourth-order valence-corrected chi connectivity index (χ4v) is 4.12. The number of aliphatic imine (C=N–C) groups is 1. The number of ether oxygens (including phenoxy) is 1. The summed E-state index contributed by atoms with van der Waals surface area (Å²) in [6.07, 6.45) is 11.7. The second-order valence-electron chi connectivity index (χ2n) is 7.97. The number of hydrogen-bond donors (Lipinski definition) is 3. The van der Waals surface area contributed by atoms with Crippen molar-refractivity contribution in [3.8, 4) is 6.07 Å². The number of unbranched alkanes of at least 4 members (excludes halogenated alkanes) is 1. The number of H-pyrrole nitrogens is 1. The molecule has 1 amide bonds. The number of amides is 1. The van der Waals surface area contributed by atoms with E-state index in [2.05, 4.69) is 27.6 Å². The quantitative estimate of drug-likeness (QED) is 0.544. The second kappa shape index (κ2) is 9.63. The van der Waals surface area contributed by atoms with Crippen molar-refractivity contribution >= 4 is 22.5 Å². The molecule has 0 spiro atoms. The lowest BCUT2D eigenvalue weighted by Gasteiger charge is -2.20. The molecule has 0 saturated heterocycles. The highest BCUT2D eigenvalue weighted by Gasteiger charge is 2.32. The van der Waals surface area contributed by atoms with E-state index in [0.717, 1.165) is 61.9 Å². The third-order valence-corrected chi connectivity index (χ3v) is 5.77. The Hall–Kier alpha value is -3.37. The van der Waals surface area contributed by atoms with Gasteiger partial charge in [-0.05, 0) is 74.2 Å².